The maximum absolute atomic E-state index is 11.9. The van der Waals surface area contributed by atoms with Gasteiger partial charge in [-0.15, -0.1) is 0 Å². The Morgan fingerprint density at radius 3 is 2.71 bits per heavy atom. The fraction of sp³-hybridized carbons (Fsp3) is 0.889. The second-order valence-electron chi connectivity index (χ2n) is 3.50. The lowest BCUT2D eigenvalue weighted by atomic mass is 10.2. The van der Waals surface area contributed by atoms with Crippen LogP contribution in [0.3, 0.4) is 0 Å². The summed E-state index contributed by atoms with van der Waals surface area (Å²) < 4.78 is 10.6. The monoisotopic (exact) mass is 200 g/mol. The molecule has 2 aliphatic heterocycles. The van der Waals surface area contributed by atoms with Crippen LogP contribution in [0.2, 0.25) is 0 Å². The van der Waals surface area contributed by atoms with Crippen molar-refractivity contribution >= 4 is 5.91 Å². The van der Waals surface area contributed by atoms with Crippen molar-refractivity contribution < 1.29 is 14.3 Å². The Balaban J connectivity index is 1.85. The number of carbonyl (C=O) groups excluding carboxylic acids is 1. The summed E-state index contributed by atoms with van der Waals surface area (Å²) in [5, 5.41) is 3.15. The molecule has 1 atom stereocenters. The van der Waals surface area contributed by atoms with E-state index in [0.717, 1.165) is 6.54 Å². The molecule has 0 aromatic rings. The van der Waals surface area contributed by atoms with Gasteiger partial charge in [-0.2, -0.15) is 0 Å². The number of ether oxygens (including phenoxy) is 2. The van der Waals surface area contributed by atoms with Gasteiger partial charge in [-0.05, 0) is 0 Å². The molecule has 5 heteroatoms. The van der Waals surface area contributed by atoms with Gasteiger partial charge < -0.3 is 19.7 Å². The summed E-state index contributed by atoms with van der Waals surface area (Å²) in [6.07, 6.45) is -0.290. The minimum Gasteiger partial charge on any atom is -0.378 e. The van der Waals surface area contributed by atoms with Gasteiger partial charge in [0.25, 0.3) is 5.91 Å². The summed E-state index contributed by atoms with van der Waals surface area (Å²) in [5.41, 5.74) is 0. The summed E-state index contributed by atoms with van der Waals surface area (Å²) in [6.45, 7) is 4.78. The minimum atomic E-state index is -0.290. The molecule has 80 valence electrons. The largest absolute Gasteiger partial charge is 0.378 e. The molecule has 1 amide bonds. The van der Waals surface area contributed by atoms with Crippen LogP contribution >= 0.6 is 0 Å². The minimum absolute atomic E-state index is 0.0977. The first-order valence-electron chi connectivity index (χ1n) is 5.07. The molecule has 2 aliphatic rings. The van der Waals surface area contributed by atoms with E-state index in [1.807, 2.05) is 4.90 Å². The molecule has 0 aliphatic carbocycles. The Labute approximate surface area is 83.3 Å². The smallest absolute Gasteiger partial charge is 0.253 e. The van der Waals surface area contributed by atoms with Crippen molar-refractivity contribution in [1.82, 2.24) is 10.2 Å². The highest BCUT2D eigenvalue weighted by Crippen LogP contribution is 2.05. The van der Waals surface area contributed by atoms with Gasteiger partial charge in [0, 0.05) is 26.2 Å². The van der Waals surface area contributed by atoms with Crippen LogP contribution < -0.4 is 5.32 Å². The van der Waals surface area contributed by atoms with Crippen LogP contribution in [0.5, 0.6) is 0 Å². The molecule has 0 aromatic heterocycles. The van der Waals surface area contributed by atoms with E-state index in [0.29, 0.717) is 39.5 Å². The number of hydrogen-bond donors (Lipinski definition) is 1. The van der Waals surface area contributed by atoms with Crippen molar-refractivity contribution in [2.75, 3.05) is 46.0 Å². The van der Waals surface area contributed by atoms with Crippen LogP contribution in [0.15, 0.2) is 0 Å². The van der Waals surface area contributed by atoms with E-state index in [2.05, 4.69) is 5.32 Å². The van der Waals surface area contributed by atoms with Crippen LogP contribution in [0.1, 0.15) is 0 Å². The van der Waals surface area contributed by atoms with Crippen molar-refractivity contribution in [2.45, 2.75) is 6.10 Å². The van der Waals surface area contributed by atoms with Gasteiger partial charge in [0.2, 0.25) is 0 Å². The van der Waals surface area contributed by atoms with Crippen molar-refractivity contribution in [3.05, 3.63) is 0 Å². The highest BCUT2D eigenvalue weighted by molar-refractivity contribution is 5.81. The summed E-state index contributed by atoms with van der Waals surface area (Å²) in [5.74, 6) is 0.0977. The molecule has 1 N–H and O–H groups in total. The van der Waals surface area contributed by atoms with Crippen molar-refractivity contribution in [3.8, 4) is 0 Å². The van der Waals surface area contributed by atoms with Gasteiger partial charge in [0.1, 0.15) is 6.10 Å². The molecule has 2 fully saturated rings. The molecular formula is C9H16N2O3. The van der Waals surface area contributed by atoms with Crippen molar-refractivity contribution in [1.29, 1.82) is 0 Å². The van der Waals surface area contributed by atoms with E-state index in [-0.39, 0.29) is 12.0 Å². The van der Waals surface area contributed by atoms with Gasteiger partial charge in [0.05, 0.1) is 19.8 Å². The van der Waals surface area contributed by atoms with Crippen LogP contribution in [0, 0.1) is 0 Å². The number of amides is 1. The predicted molar refractivity (Wildman–Crippen MR) is 50.0 cm³/mol. The number of carbonyl (C=O) groups is 1. The van der Waals surface area contributed by atoms with Crippen LogP contribution in [-0.2, 0) is 14.3 Å². The first-order chi connectivity index (χ1) is 6.88. The summed E-state index contributed by atoms with van der Waals surface area (Å²) in [6, 6.07) is 0. The molecule has 0 unspecified atom stereocenters. The molecule has 0 spiro atoms. The lowest BCUT2D eigenvalue weighted by Crippen LogP contribution is -2.52. The normalized spacial score (nSPS) is 28.9. The van der Waals surface area contributed by atoms with Crippen molar-refractivity contribution in [2.24, 2.45) is 0 Å². The van der Waals surface area contributed by atoms with Crippen LogP contribution in [0.25, 0.3) is 0 Å². The molecule has 0 aromatic carbocycles. The molecule has 0 bridgehead atoms. The Morgan fingerprint density at radius 2 is 2.07 bits per heavy atom. The summed E-state index contributed by atoms with van der Waals surface area (Å²) in [7, 11) is 0. The van der Waals surface area contributed by atoms with Crippen molar-refractivity contribution in [3.63, 3.8) is 0 Å². The zero-order valence-corrected chi connectivity index (χ0v) is 8.20. The highest BCUT2D eigenvalue weighted by Gasteiger charge is 2.27. The maximum Gasteiger partial charge on any atom is 0.253 e. The topological polar surface area (TPSA) is 50.8 Å². The van der Waals surface area contributed by atoms with E-state index in [1.165, 1.54) is 0 Å². The third kappa shape index (κ3) is 2.23. The summed E-state index contributed by atoms with van der Waals surface area (Å²) >= 11 is 0. The molecular weight excluding hydrogens is 184 g/mol. The van der Waals surface area contributed by atoms with E-state index in [9.17, 15) is 4.79 Å². The number of hydrogen-bond acceptors (Lipinski definition) is 4. The zero-order valence-electron chi connectivity index (χ0n) is 8.20. The Kier molecular flexibility index (Phi) is 3.34. The van der Waals surface area contributed by atoms with E-state index in [1.54, 1.807) is 0 Å². The number of morpholine rings is 2. The number of nitrogens with zero attached hydrogens (tertiary/aromatic N) is 1. The molecule has 2 rings (SSSR count). The van der Waals surface area contributed by atoms with E-state index in [4.69, 9.17) is 9.47 Å². The molecule has 0 saturated carbocycles. The average Bonchev–Trinajstić information content (AvgIpc) is 2.30. The second-order valence-corrected chi connectivity index (χ2v) is 3.50. The van der Waals surface area contributed by atoms with E-state index >= 15 is 0 Å². The fourth-order valence-electron chi connectivity index (χ4n) is 1.71. The number of rotatable bonds is 1. The lowest BCUT2D eigenvalue weighted by Gasteiger charge is -2.32. The third-order valence-corrected chi connectivity index (χ3v) is 2.53. The average molecular weight is 200 g/mol. The van der Waals surface area contributed by atoms with E-state index < -0.39 is 0 Å². The van der Waals surface area contributed by atoms with Gasteiger partial charge in [-0.25, -0.2) is 0 Å². The quantitative estimate of drug-likeness (QED) is 0.579. The molecule has 5 nitrogen and oxygen atoms in total. The van der Waals surface area contributed by atoms with Gasteiger partial charge in [0.15, 0.2) is 0 Å². The molecule has 14 heavy (non-hydrogen) atoms. The van der Waals surface area contributed by atoms with Crippen LogP contribution in [0.4, 0.5) is 0 Å². The first-order valence-corrected chi connectivity index (χ1v) is 5.07. The van der Waals surface area contributed by atoms with Gasteiger partial charge >= 0.3 is 0 Å². The standard InChI is InChI=1S/C9H16N2O3/c12-9(8-7-10-1-4-14-8)11-2-5-13-6-3-11/h8,10H,1-7H2/t8-/m1/s1. The van der Waals surface area contributed by atoms with Crippen LogP contribution in [-0.4, -0.2) is 62.9 Å². The molecule has 2 saturated heterocycles. The fourth-order valence-corrected chi connectivity index (χ4v) is 1.71. The Morgan fingerprint density at radius 1 is 1.29 bits per heavy atom. The SMILES string of the molecule is O=C([C@H]1CNCCO1)N1CCOCC1. The second kappa shape index (κ2) is 4.72. The highest BCUT2D eigenvalue weighted by atomic mass is 16.5. The first kappa shape index (κ1) is 9.89. The zero-order chi connectivity index (χ0) is 9.80. The molecule has 0 radical (unpaired) electrons. The Hall–Kier alpha value is -0.650. The van der Waals surface area contributed by atoms with Gasteiger partial charge in [-0.1, -0.05) is 0 Å². The lowest BCUT2D eigenvalue weighted by molar-refractivity contribution is -0.149. The third-order valence-electron chi connectivity index (χ3n) is 2.53. The summed E-state index contributed by atoms with van der Waals surface area (Å²) in [4.78, 5) is 13.7. The molecule has 2 heterocycles. The number of nitrogens with one attached hydrogen (secondary N) is 1. The van der Waals surface area contributed by atoms with Gasteiger partial charge in [-0.3, -0.25) is 4.79 Å². The Bertz CT molecular complexity index is 178. The maximum atomic E-state index is 11.9. The predicted octanol–water partition coefficient (Wildman–Crippen LogP) is -1.17.